The highest BCUT2D eigenvalue weighted by Crippen LogP contribution is 2.33. The molecule has 0 saturated carbocycles. The van der Waals surface area contributed by atoms with Crippen molar-refractivity contribution in [1.29, 1.82) is 0 Å². The van der Waals surface area contributed by atoms with Crippen molar-refractivity contribution in [2.45, 2.75) is 52.2 Å². The molecule has 6 nitrogen and oxygen atoms in total. The lowest BCUT2D eigenvalue weighted by Crippen LogP contribution is -2.42. The first-order chi connectivity index (χ1) is 12.9. The fourth-order valence-electron chi connectivity index (χ4n) is 3.63. The van der Waals surface area contributed by atoms with Crippen LogP contribution in [0.15, 0.2) is 41.0 Å². The van der Waals surface area contributed by atoms with Crippen LogP contribution in [0.3, 0.4) is 0 Å². The Morgan fingerprint density at radius 2 is 2.04 bits per heavy atom. The monoisotopic (exact) mass is 370 g/mol. The summed E-state index contributed by atoms with van der Waals surface area (Å²) in [5.74, 6) is -1.18. The Morgan fingerprint density at radius 3 is 2.74 bits per heavy atom. The maximum Gasteiger partial charge on any atom is 0.326 e. The van der Waals surface area contributed by atoms with E-state index in [9.17, 15) is 14.7 Å². The lowest BCUT2D eigenvalue weighted by atomic mass is 10.0. The molecule has 0 aliphatic carbocycles. The van der Waals surface area contributed by atoms with Crippen molar-refractivity contribution in [2.75, 3.05) is 4.90 Å². The summed E-state index contributed by atoms with van der Waals surface area (Å²) in [5.41, 5.74) is 3.22. The van der Waals surface area contributed by atoms with Crippen LogP contribution in [0.2, 0.25) is 0 Å². The summed E-state index contributed by atoms with van der Waals surface area (Å²) >= 11 is 0. The minimum atomic E-state index is -1.03. The second-order valence-electron chi connectivity index (χ2n) is 7.58. The molecule has 1 aliphatic rings. The number of benzene rings is 1. The quantitative estimate of drug-likeness (QED) is 0.780. The van der Waals surface area contributed by atoms with E-state index in [-0.39, 0.29) is 11.7 Å². The first-order valence-electron chi connectivity index (χ1n) is 9.31. The van der Waals surface area contributed by atoms with Gasteiger partial charge in [0.1, 0.15) is 6.04 Å². The fourth-order valence-corrected chi connectivity index (χ4v) is 3.63. The molecule has 0 fully saturated rings. The van der Waals surface area contributed by atoms with Crippen LogP contribution in [0.4, 0.5) is 5.69 Å². The predicted octanol–water partition coefficient (Wildman–Crippen LogP) is 3.46. The van der Waals surface area contributed by atoms with E-state index < -0.39 is 17.9 Å². The van der Waals surface area contributed by atoms with Crippen LogP contribution in [0.5, 0.6) is 0 Å². The van der Waals surface area contributed by atoms with Crippen LogP contribution in [-0.2, 0) is 17.8 Å². The molecule has 6 heteroatoms. The average molecular weight is 370 g/mol. The number of para-hydroxylation sites is 1. The number of nitrogens with zero attached hydrogens (tertiary/aromatic N) is 1. The zero-order valence-corrected chi connectivity index (χ0v) is 15.9. The van der Waals surface area contributed by atoms with Gasteiger partial charge in [-0.2, -0.15) is 0 Å². The van der Waals surface area contributed by atoms with Gasteiger partial charge in [0, 0.05) is 23.8 Å². The molecule has 1 amide bonds. The maximum absolute atomic E-state index is 12.6. The molecule has 0 spiro atoms. The fraction of sp³-hybridized carbons (Fsp3) is 0.429. The van der Waals surface area contributed by atoms with E-state index in [2.05, 4.69) is 29.3 Å². The summed E-state index contributed by atoms with van der Waals surface area (Å²) < 4.78 is 5.41. The molecule has 2 N–H and O–H groups in total. The number of furan rings is 1. The third kappa shape index (κ3) is 4.15. The van der Waals surface area contributed by atoms with E-state index in [4.69, 9.17) is 4.42 Å². The van der Waals surface area contributed by atoms with Gasteiger partial charge in [0.2, 0.25) is 0 Å². The topological polar surface area (TPSA) is 82.8 Å². The molecule has 144 valence electrons. The van der Waals surface area contributed by atoms with E-state index in [0.717, 1.165) is 12.0 Å². The summed E-state index contributed by atoms with van der Waals surface area (Å²) in [6.45, 7) is 6.54. The highest BCUT2D eigenvalue weighted by molar-refractivity contribution is 5.95. The number of carbonyl (C=O) groups is 2. The first kappa shape index (κ1) is 19.0. The van der Waals surface area contributed by atoms with Gasteiger partial charge in [-0.25, -0.2) is 4.79 Å². The van der Waals surface area contributed by atoms with Gasteiger partial charge in [-0.3, -0.25) is 4.79 Å². The lowest BCUT2D eigenvalue weighted by molar-refractivity contribution is -0.139. The van der Waals surface area contributed by atoms with Crippen LogP contribution in [0, 0.1) is 5.92 Å². The number of nitrogens with one attached hydrogen (secondary N) is 1. The van der Waals surface area contributed by atoms with Gasteiger partial charge in [0.05, 0.1) is 6.26 Å². The number of amides is 1. The molecule has 1 aromatic carbocycles. The van der Waals surface area contributed by atoms with E-state index in [1.165, 1.54) is 17.5 Å². The van der Waals surface area contributed by atoms with Gasteiger partial charge in [-0.1, -0.05) is 32.0 Å². The second kappa shape index (κ2) is 7.86. The van der Waals surface area contributed by atoms with Crippen LogP contribution in [0.25, 0.3) is 0 Å². The van der Waals surface area contributed by atoms with E-state index in [1.807, 2.05) is 26.0 Å². The minimum absolute atomic E-state index is 0.157. The zero-order chi connectivity index (χ0) is 19.6. The van der Waals surface area contributed by atoms with Crippen molar-refractivity contribution in [3.63, 3.8) is 0 Å². The van der Waals surface area contributed by atoms with Gasteiger partial charge in [0.25, 0.3) is 5.91 Å². The van der Waals surface area contributed by atoms with Gasteiger partial charge < -0.3 is 19.7 Å². The molecule has 1 aromatic heterocycles. The van der Waals surface area contributed by atoms with E-state index in [1.54, 1.807) is 6.07 Å². The number of carboxylic acid groups (broad SMARTS) is 1. The molecule has 1 unspecified atom stereocenters. The number of aliphatic carboxylic acids is 1. The Kier molecular flexibility index (Phi) is 5.54. The second-order valence-corrected chi connectivity index (χ2v) is 7.58. The third-order valence-corrected chi connectivity index (χ3v) is 4.95. The van der Waals surface area contributed by atoms with Crippen molar-refractivity contribution in [3.05, 3.63) is 53.5 Å². The van der Waals surface area contributed by atoms with Crippen LogP contribution < -0.4 is 10.2 Å². The predicted molar refractivity (Wildman–Crippen MR) is 103 cm³/mol. The molecule has 0 saturated heterocycles. The average Bonchev–Trinajstić information content (AvgIpc) is 3.19. The normalized spacial score (nSPS) is 17.0. The number of hydrogen-bond acceptors (Lipinski definition) is 4. The molecule has 2 aromatic rings. The Balaban J connectivity index is 1.76. The number of rotatable bonds is 7. The molecular weight excluding hydrogens is 344 g/mol. The maximum atomic E-state index is 12.6. The standard InChI is InChI=1S/C21H26N2O4/c1-13(2)10-17(21(25)26)22-20(24)19-16(8-9-27-19)12-23-14(3)11-15-6-4-5-7-18(15)23/h4-9,13-14,17H,10-12H2,1-3H3,(H,22,24)(H,25,26)/t14?,17-/m1/s1. The summed E-state index contributed by atoms with van der Waals surface area (Å²) in [4.78, 5) is 26.3. The smallest absolute Gasteiger partial charge is 0.326 e. The zero-order valence-electron chi connectivity index (χ0n) is 15.9. The first-order valence-corrected chi connectivity index (χ1v) is 9.31. The van der Waals surface area contributed by atoms with Crippen molar-refractivity contribution in [1.82, 2.24) is 5.32 Å². The summed E-state index contributed by atoms with van der Waals surface area (Å²) in [5, 5.41) is 12.0. The number of fused-ring (bicyclic) bond motifs is 1. The largest absolute Gasteiger partial charge is 0.480 e. The molecule has 27 heavy (non-hydrogen) atoms. The van der Waals surface area contributed by atoms with Crippen LogP contribution in [-0.4, -0.2) is 29.1 Å². The summed E-state index contributed by atoms with van der Waals surface area (Å²) in [6.07, 6.45) is 2.81. The van der Waals surface area contributed by atoms with Crippen molar-refractivity contribution >= 4 is 17.6 Å². The van der Waals surface area contributed by atoms with Gasteiger partial charge >= 0.3 is 5.97 Å². The molecular formula is C21H26N2O4. The summed E-state index contributed by atoms with van der Waals surface area (Å²) in [7, 11) is 0. The Hall–Kier alpha value is -2.76. The number of anilines is 1. The van der Waals surface area contributed by atoms with Crippen molar-refractivity contribution < 1.29 is 19.1 Å². The Morgan fingerprint density at radius 1 is 1.30 bits per heavy atom. The van der Waals surface area contributed by atoms with Crippen LogP contribution in [0.1, 0.15) is 48.9 Å². The van der Waals surface area contributed by atoms with Crippen molar-refractivity contribution in [3.8, 4) is 0 Å². The van der Waals surface area contributed by atoms with Crippen LogP contribution >= 0.6 is 0 Å². The number of hydrogen-bond donors (Lipinski definition) is 2. The summed E-state index contributed by atoms with van der Waals surface area (Å²) in [6, 6.07) is 9.42. The number of carboxylic acids is 1. The van der Waals surface area contributed by atoms with E-state index in [0.29, 0.717) is 19.0 Å². The minimum Gasteiger partial charge on any atom is -0.480 e. The Labute approximate surface area is 159 Å². The third-order valence-electron chi connectivity index (χ3n) is 4.95. The molecule has 0 radical (unpaired) electrons. The van der Waals surface area contributed by atoms with Gasteiger partial charge in [-0.05, 0) is 43.4 Å². The molecule has 1 aliphatic heterocycles. The number of carbonyl (C=O) groups excluding carboxylic acids is 1. The van der Waals surface area contributed by atoms with Gasteiger partial charge in [-0.15, -0.1) is 0 Å². The SMILES string of the molecule is CC(C)C[C@@H](NC(=O)c1occc1CN1c2ccccc2CC1C)C(=O)O. The molecule has 0 bridgehead atoms. The highest BCUT2D eigenvalue weighted by Gasteiger charge is 2.29. The highest BCUT2D eigenvalue weighted by atomic mass is 16.4. The molecule has 2 heterocycles. The molecule has 2 atom stereocenters. The lowest BCUT2D eigenvalue weighted by Gasteiger charge is -2.25. The van der Waals surface area contributed by atoms with Crippen molar-refractivity contribution in [2.24, 2.45) is 5.92 Å². The van der Waals surface area contributed by atoms with E-state index >= 15 is 0 Å². The molecule has 3 rings (SSSR count). The Bertz CT molecular complexity index is 827. The van der Waals surface area contributed by atoms with Gasteiger partial charge in [0.15, 0.2) is 5.76 Å².